The van der Waals surface area contributed by atoms with Gasteiger partial charge in [0.15, 0.2) is 5.82 Å². The molecule has 0 aliphatic carbocycles. The Hall–Kier alpha value is -1.82. The van der Waals surface area contributed by atoms with E-state index in [9.17, 15) is 21.6 Å². The van der Waals surface area contributed by atoms with Crippen LogP contribution < -0.4 is 4.72 Å². The van der Waals surface area contributed by atoms with Crippen LogP contribution in [0.25, 0.3) is 0 Å². The number of nitrogens with zero attached hydrogens (tertiary/aromatic N) is 2. The Bertz CT molecular complexity index is 1170. The van der Waals surface area contributed by atoms with Crippen molar-refractivity contribution < 1.29 is 21.6 Å². The van der Waals surface area contributed by atoms with E-state index < -0.39 is 27.0 Å². The van der Waals surface area contributed by atoms with Crippen LogP contribution in [0.4, 0.5) is 18.3 Å². The number of sulfonamides is 1. The van der Waals surface area contributed by atoms with Gasteiger partial charge in [0.2, 0.25) is 5.13 Å². The minimum atomic E-state index is -4.43. The molecule has 1 heterocycles. The Morgan fingerprint density at radius 3 is 2.60 bits per heavy atom. The van der Waals surface area contributed by atoms with Crippen molar-refractivity contribution in [2.24, 2.45) is 0 Å². The molecule has 3 aromatic rings. The SMILES string of the molecule is Cc1c(Cl)cccc1S(=O)(=O)Nc1nc(C(C)Sc2cccc(C(F)(F)F)c2)ns1. The van der Waals surface area contributed by atoms with Gasteiger partial charge in [0.05, 0.1) is 15.7 Å². The van der Waals surface area contributed by atoms with Gasteiger partial charge in [-0.25, -0.2) is 13.4 Å². The van der Waals surface area contributed by atoms with Crippen molar-refractivity contribution in [2.75, 3.05) is 4.72 Å². The monoisotopic (exact) mass is 493 g/mol. The molecule has 0 fully saturated rings. The maximum absolute atomic E-state index is 12.9. The predicted molar refractivity (Wildman–Crippen MR) is 113 cm³/mol. The molecule has 2 aromatic carbocycles. The van der Waals surface area contributed by atoms with Crippen LogP contribution >= 0.6 is 34.9 Å². The van der Waals surface area contributed by atoms with Gasteiger partial charge in [-0.15, -0.1) is 11.8 Å². The summed E-state index contributed by atoms with van der Waals surface area (Å²) < 4.78 is 70.4. The molecule has 0 radical (unpaired) electrons. The Labute approximate surface area is 184 Å². The molecule has 1 N–H and O–H groups in total. The molecule has 0 bridgehead atoms. The summed E-state index contributed by atoms with van der Waals surface area (Å²) in [6, 6.07) is 9.50. The number of thioether (sulfide) groups is 1. The normalized spacial score (nSPS) is 13.3. The summed E-state index contributed by atoms with van der Waals surface area (Å²) in [6.45, 7) is 3.32. The van der Waals surface area contributed by atoms with Gasteiger partial charge in [-0.05, 0) is 49.7 Å². The molecule has 0 aliphatic rings. The number of alkyl halides is 3. The molecule has 0 saturated carbocycles. The Morgan fingerprint density at radius 2 is 1.90 bits per heavy atom. The largest absolute Gasteiger partial charge is 0.416 e. The highest BCUT2D eigenvalue weighted by Crippen LogP contribution is 2.38. The summed E-state index contributed by atoms with van der Waals surface area (Å²) in [6.07, 6.45) is -4.43. The van der Waals surface area contributed by atoms with Crippen LogP contribution in [0.5, 0.6) is 0 Å². The highest BCUT2D eigenvalue weighted by molar-refractivity contribution is 7.99. The van der Waals surface area contributed by atoms with Gasteiger partial charge in [-0.3, -0.25) is 4.72 Å². The van der Waals surface area contributed by atoms with Gasteiger partial charge in [-0.2, -0.15) is 17.5 Å². The third-order valence-corrected chi connectivity index (χ3v) is 7.77. The van der Waals surface area contributed by atoms with E-state index in [0.717, 1.165) is 35.4 Å². The van der Waals surface area contributed by atoms with Crippen molar-refractivity contribution in [3.63, 3.8) is 0 Å². The van der Waals surface area contributed by atoms with Gasteiger partial charge in [0, 0.05) is 21.5 Å². The molecule has 1 unspecified atom stereocenters. The Morgan fingerprint density at radius 1 is 1.20 bits per heavy atom. The number of benzene rings is 2. The van der Waals surface area contributed by atoms with Gasteiger partial charge in [-0.1, -0.05) is 23.7 Å². The lowest BCUT2D eigenvalue weighted by atomic mass is 10.2. The number of hydrogen-bond donors (Lipinski definition) is 1. The third kappa shape index (κ3) is 5.26. The second-order valence-corrected chi connectivity index (χ2v) is 10.4. The fourth-order valence-corrected chi connectivity index (χ4v) is 5.91. The number of rotatable bonds is 6. The van der Waals surface area contributed by atoms with Crippen molar-refractivity contribution >= 4 is 50.1 Å². The van der Waals surface area contributed by atoms with E-state index >= 15 is 0 Å². The van der Waals surface area contributed by atoms with Crippen molar-refractivity contribution in [1.29, 1.82) is 0 Å². The van der Waals surface area contributed by atoms with Crippen molar-refractivity contribution in [3.8, 4) is 0 Å². The van der Waals surface area contributed by atoms with E-state index in [1.165, 1.54) is 18.2 Å². The molecule has 30 heavy (non-hydrogen) atoms. The molecule has 1 atom stereocenters. The molecular weight excluding hydrogens is 479 g/mol. The molecule has 0 saturated heterocycles. The zero-order valence-corrected chi connectivity index (χ0v) is 18.8. The quantitative estimate of drug-likeness (QED) is 0.415. The first kappa shape index (κ1) is 22.9. The smallest absolute Gasteiger partial charge is 0.253 e. The van der Waals surface area contributed by atoms with Crippen LogP contribution in [-0.4, -0.2) is 17.8 Å². The first-order valence-electron chi connectivity index (χ1n) is 8.43. The minimum absolute atomic E-state index is 0.0261. The molecule has 12 heteroatoms. The van der Waals surface area contributed by atoms with E-state index in [-0.39, 0.29) is 10.0 Å². The molecule has 0 aliphatic heterocycles. The van der Waals surface area contributed by atoms with Crippen molar-refractivity contribution in [2.45, 2.75) is 35.1 Å². The summed E-state index contributed by atoms with van der Waals surface area (Å²) in [5, 5.41) is -0.0151. The average Bonchev–Trinajstić information content (AvgIpc) is 3.11. The molecule has 160 valence electrons. The Balaban J connectivity index is 1.75. The van der Waals surface area contributed by atoms with Crippen LogP contribution in [0.1, 0.15) is 29.1 Å². The van der Waals surface area contributed by atoms with E-state index in [4.69, 9.17) is 11.6 Å². The molecule has 5 nitrogen and oxygen atoms in total. The van der Waals surface area contributed by atoms with Gasteiger partial charge >= 0.3 is 6.18 Å². The molecular formula is C18H15ClF3N3O2S3. The summed E-state index contributed by atoms with van der Waals surface area (Å²) in [5.74, 6) is 0.308. The highest BCUT2D eigenvalue weighted by Gasteiger charge is 2.30. The molecule has 3 rings (SSSR count). The first-order valence-corrected chi connectivity index (χ1v) is 11.9. The molecule has 0 spiro atoms. The summed E-state index contributed by atoms with van der Waals surface area (Å²) in [7, 11) is -3.92. The van der Waals surface area contributed by atoms with E-state index in [1.54, 1.807) is 26.0 Å². The van der Waals surface area contributed by atoms with Crippen molar-refractivity contribution in [1.82, 2.24) is 9.36 Å². The fraction of sp³-hybridized carbons (Fsp3) is 0.222. The fourth-order valence-electron chi connectivity index (χ4n) is 2.49. The van der Waals surface area contributed by atoms with Crippen LogP contribution in [0, 0.1) is 6.92 Å². The van der Waals surface area contributed by atoms with Gasteiger partial charge < -0.3 is 0 Å². The summed E-state index contributed by atoms with van der Waals surface area (Å²) in [4.78, 5) is 4.61. The predicted octanol–water partition coefficient (Wildman–Crippen LogP) is 6.17. The average molecular weight is 494 g/mol. The minimum Gasteiger partial charge on any atom is -0.253 e. The Kier molecular flexibility index (Phi) is 6.66. The zero-order valence-electron chi connectivity index (χ0n) is 15.6. The maximum Gasteiger partial charge on any atom is 0.416 e. The second-order valence-electron chi connectivity index (χ2n) is 6.21. The van der Waals surface area contributed by atoms with Crippen LogP contribution in [0.3, 0.4) is 0 Å². The van der Waals surface area contributed by atoms with E-state index in [0.29, 0.717) is 21.3 Å². The molecule has 0 amide bonds. The third-order valence-electron chi connectivity index (χ3n) is 4.01. The molecule has 1 aromatic heterocycles. The van der Waals surface area contributed by atoms with Crippen LogP contribution in [-0.2, 0) is 16.2 Å². The standard InChI is InChI=1S/C18H15ClF3N3O2S3/c1-10-14(19)7-4-8-15(10)30(26,27)25-17-23-16(24-29-17)11(2)28-13-6-3-5-12(9-13)18(20,21)22/h3-9,11H,1-2H3,(H,23,24,25). The first-order chi connectivity index (χ1) is 14.0. The zero-order chi connectivity index (χ0) is 22.1. The lowest BCUT2D eigenvalue weighted by Gasteiger charge is -2.11. The van der Waals surface area contributed by atoms with Gasteiger partial charge in [0.1, 0.15) is 0 Å². The number of aromatic nitrogens is 2. The summed E-state index contributed by atoms with van der Waals surface area (Å²) >= 11 is 7.99. The number of anilines is 1. The summed E-state index contributed by atoms with van der Waals surface area (Å²) in [5.41, 5.74) is -0.332. The van der Waals surface area contributed by atoms with Crippen LogP contribution in [0.2, 0.25) is 5.02 Å². The lowest BCUT2D eigenvalue weighted by molar-refractivity contribution is -0.137. The number of hydrogen-bond acceptors (Lipinski definition) is 6. The van der Waals surface area contributed by atoms with E-state index in [2.05, 4.69) is 14.1 Å². The van der Waals surface area contributed by atoms with Crippen LogP contribution in [0.15, 0.2) is 52.3 Å². The number of nitrogens with one attached hydrogen (secondary N) is 1. The lowest BCUT2D eigenvalue weighted by Crippen LogP contribution is -2.14. The second kappa shape index (κ2) is 8.74. The topological polar surface area (TPSA) is 72.0 Å². The highest BCUT2D eigenvalue weighted by atomic mass is 35.5. The van der Waals surface area contributed by atoms with Crippen molar-refractivity contribution in [3.05, 3.63) is 64.4 Å². The number of halogens is 4. The maximum atomic E-state index is 12.9. The van der Waals surface area contributed by atoms with E-state index in [1.807, 2.05) is 0 Å². The van der Waals surface area contributed by atoms with Gasteiger partial charge in [0.25, 0.3) is 10.0 Å².